The molecule has 0 amide bonds. The molecule has 1 radical (unpaired) electrons. The second-order valence-electron chi connectivity index (χ2n) is 10.9. The number of rotatable bonds is 2. The summed E-state index contributed by atoms with van der Waals surface area (Å²) in [4.78, 5) is 0. The Morgan fingerprint density at radius 2 is 1.00 bits per heavy atom. The van der Waals surface area contributed by atoms with E-state index in [4.69, 9.17) is 0 Å². The van der Waals surface area contributed by atoms with E-state index in [1.54, 1.807) is 0 Å². The van der Waals surface area contributed by atoms with Crippen LogP contribution >= 0.6 is 0 Å². The molecule has 0 aromatic rings. The number of nitrogens with zero attached hydrogens (tertiary/aromatic N) is 3. The van der Waals surface area contributed by atoms with Crippen molar-refractivity contribution in [2.75, 3.05) is 0 Å². The minimum atomic E-state index is -2.15. The second-order valence-corrected chi connectivity index (χ2v) is 16.7. The van der Waals surface area contributed by atoms with Gasteiger partial charge in [0.1, 0.15) is 0 Å². The van der Waals surface area contributed by atoms with E-state index in [0.29, 0.717) is 6.17 Å². The summed E-state index contributed by atoms with van der Waals surface area (Å²) in [5.74, 6) is 0. The zero-order chi connectivity index (χ0) is 18.6. The third kappa shape index (κ3) is 4.45. The molecule has 0 aromatic carbocycles. The van der Waals surface area contributed by atoms with Crippen LogP contribution in [-0.2, 0) is 0 Å². The summed E-state index contributed by atoms with van der Waals surface area (Å²) in [6.07, 6.45) is 1.80. The van der Waals surface area contributed by atoms with Gasteiger partial charge in [-0.2, -0.15) is 0 Å². The Kier molecular flexibility index (Phi) is 6.08. The predicted molar refractivity (Wildman–Crippen MR) is 104 cm³/mol. The van der Waals surface area contributed by atoms with Crippen molar-refractivity contribution >= 4 is 20.6 Å². The molecule has 0 spiro atoms. The van der Waals surface area contributed by atoms with E-state index >= 15 is 0 Å². The van der Waals surface area contributed by atoms with Gasteiger partial charge < -0.3 is 0 Å². The molecule has 3 nitrogen and oxygen atoms in total. The Morgan fingerprint density at radius 1 is 0.696 bits per heavy atom. The summed E-state index contributed by atoms with van der Waals surface area (Å²) >= 11 is -2.15. The van der Waals surface area contributed by atoms with E-state index in [1.165, 1.54) is 6.42 Å². The maximum atomic E-state index is 2.91. The van der Waals surface area contributed by atoms with Crippen molar-refractivity contribution in [3.63, 3.8) is 0 Å². The van der Waals surface area contributed by atoms with E-state index in [9.17, 15) is 0 Å². The van der Waals surface area contributed by atoms with Crippen LogP contribution in [0.15, 0.2) is 0 Å². The van der Waals surface area contributed by atoms with Crippen molar-refractivity contribution in [2.24, 2.45) is 0 Å². The molecule has 0 aliphatic carbocycles. The van der Waals surface area contributed by atoms with E-state index in [0.717, 1.165) is 0 Å². The third-order valence-electron chi connectivity index (χ3n) is 4.38. The van der Waals surface area contributed by atoms with Crippen molar-refractivity contribution in [3.05, 3.63) is 0 Å². The first-order valence-electron chi connectivity index (χ1n) is 9.20. The molecule has 0 saturated carbocycles. The van der Waals surface area contributed by atoms with Gasteiger partial charge in [0, 0.05) is 0 Å². The maximum absolute atomic E-state index is 2.91. The van der Waals surface area contributed by atoms with Gasteiger partial charge in [0.25, 0.3) is 0 Å². The van der Waals surface area contributed by atoms with Crippen LogP contribution in [0, 0.1) is 0 Å². The van der Waals surface area contributed by atoms with Gasteiger partial charge in [0.2, 0.25) is 0 Å². The van der Waals surface area contributed by atoms with Crippen LogP contribution in [0.5, 0.6) is 0 Å². The van der Waals surface area contributed by atoms with Crippen molar-refractivity contribution < 1.29 is 0 Å². The van der Waals surface area contributed by atoms with E-state index in [1.807, 2.05) is 0 Å². The molecule has 0 aromatic heterocycles. The molecule has 23 heavy (non-hydrogen) atoms. The van der Waals surface area contributed by atoms with Crippen LogP contribution in [-0.4, -0.2) is 58.3 Å². The van der Waals surface area contributed by atoms with Crippen LogP contribution in [0.25, 0.3) is 0 Å². The van der Waals surface area contributed by atoms with Gasteiger partial charge in [-0.25, -0.2) is 0 Å². The fourth-order valence-corrected chi connectivity index (χ4v) is 15.6. The van der Waals surface area contributed by atoms with Crippen LogP contribution < -0.4 is 0 Å². The molecular weight excluding hydrogens is 389 g/mol. The molecule has 1 heterocycles. The number of hydrogen-bond donors (Lipinski definition) is 0. The van der Waals surface area contributed by atoms with E-state index in [2.05, 4.69) is 99.4 Å². The quantitative estimate of drug-likeness (QED) is 0.581. The summed E-state index contributed by atoms with van der Waals surface area (Å²) in [5, 5.41) is 0. The summed E-state index contributed by atoms with van der Waals surface area (Å²) in [6, 6.07) is 0. The van der Waals surface area contributed by atoms with Crippen molar-refractivity contribution in [1.82, 2.24) is 9.36 Å². The topological polar surface area (TPSA) is 9.72 Å². The fourth-order valence-electron chi connectivity index (χ4n) is 4.12. The molecule has 0 atom stereocenters. The average molecular weight is 431 g/mol. The van der Waals surface area contributed by atoms with Crippen LogP contribution in [0.3, 0.4) is 0 Å². The normalized spacial score (nSPS) is 21.1. The summed E-state index contributed by atoms with van der Waals surface area (Å²) < 4.78 is 8.72. The van der Waals surface area contributed by atoms with Gasteiger partial charge >= 0.3 is 155 Å². The van der Waals surface area contributed by atoms with Crippen molar-refractivity contribution in [1.29, 1.82) is 0 Å². The molecule has 137 valence electrons. The zero-order valence-electron chi connectivity index (χ0n) is 18.1. The molecule has 1 saturated heterocycles. The number of hydrogen-bond acceptors (Lipinski definition) is 3. The Morgan fingerprint density at radius 3 is 1.17 bits per heavy atom. The summed E-state index contributed by atoms with van der Waals surface area (Å²) in [5.41, 5.74) is 0.870. The molecule has 4 heteroatoms. The monoisotopic (exact) mass is 432 g/mol. The Labute approximate surface area is 154 Å². The fraction of sp³-hybridized carbons (Fsp3) is 1.00. The standard InChI is InChI=1S/C11H24N2.C8H18N.Sn/c1-8-9(12-10(2,3)4)13-11(5,6)7;1-7(2,3)9-8(4,5)6;/h9H,8H2,1-7H3;1-6H3;/q-2;-1;+3. The molecule has 1 fully saturated rings. The Balaban J connectivity index is 3.45. The molecule has 1 rings (SSSR count). The van der Waals surface area contributed by atoms with Gasteiger partial charge in [-0.15, -0.1) is 0 Å². The van der Waals surface area contributed by atoms with Crippen LogP contribution in [0.1, 0.15) is 96.4 Å². The van der Waals surface area contributed by atoms with Crippen molar-refractivity contribution in [3.8, 4) is 0 Å². The Bertz CT molecular complexity index is 370. The SMILES string of the molecule is CCC1[N](C(C)(C)C)[Sn]([N](C(C)(C)C)C(C)(C)C)[N]1C(C)(C)C. The first-order chi connectivity index (χ1) is 9.94. The van der Waals surface area contributed by atoms with Gasteiger partial charge in [0.15, 0.2) is 0 Å². The van der Waals surface area contributed by atoms with Crippen LogP contribution in [0.2, 0.25) is 0 Å². The molecular formula is C19H42N3Sn. The third-order valence-corrected chi connectivity index (χ3v) is 17.3. The van der Waals surface area contributed by atoms with E-state index < -0.39 is 20.6 Å². The molecule has 1 aliphatic rings. The van der Waals surface area contributed by atoms with Gasteiger partial charge in [-0.05, 0) is 0 Å². The summed E-state index contributed by atoms with van der Waals surface area (Å²) in [6.45, 7) is 31.1. The average Bonchev–Trinajstić information content (AvgIpc) is 2.14. The van der Waals surface area contributed by atoms with E-state index in [-0.39, 0.29) is 22.2 Å². The molecule has 0 unspecified atom stereocenters. The Hall–Kier alpha value is 0.679. The molecule has 0 bridgehead atoms. The second kappa shape index (κ2) is 6.44. The van der Waals surface area contributed by atoms with Gasteiger partial charge in [-0.3, -0.25) is 0 Å². The molecule has 1 aliphatic heterocycles. The zero-order valence-corrected chi connectivity index (χ0v) is 21.0. The van der Waals surface area contributed by atoms with Gasteiger partial charge in [0.05, 0.1) is 0 Å². The first kappa shape index (κ1) is 21.7. The minimum absolute atomic E-state index is 0.193. The van der Waals surface area contributed by atoms with Crippen LogP contribution in [0.4, 0.5) is 0 Å². The first-order valence-corrected chi connectivity index (χ1v) is 13.0. The predicted octanol–water partition coefficient (Wildman–Crippen LogP) is 4.82. The van der Waals surface area contributed by atoms with Gasteiger partial charge in [-0.1, -0.05) is 0 Å². The molecule has 0 N–H and O–H groups in total. The van der Waals surface area contributed by atoms with Crippen molar-refractivity contribution in [2.45, 2.75) is 125 Å². The summed E-state index contributed by atoms with van der Waals surface area (Å²) in [7, 11) is 0.